The smallest absolute Gasteiger partial charge is 0.313 e. The molecular formula is C19H20N4O4. The summed E-state index contributed by atoms with van der Waals surface area (Å²) >= 11 is 0. The topological polar surface area (TPSA) is 110 Å². The maximum absolute atomic E-state index is 12.3. The van der Waals surface area contributed by atoms with Crippen LogP contribution in [0.4, 0.5) is 5.69 Å². The van der Waals surface area contributed by atoms with Gasteiger partial charge >= 0.3 is 5.97 Å². The highest BCUT2D eigenvalue weighted by Gasteiger charge is 2.29. The van der Waals surface area contributed by atoms with Gasteiger partial charge in [-0.1, -0.05) is 17.3 Å². The fourth-order valence-electron chi connectivity index (χ4n) is 2.50. The third-order valence-corrected chi connectivity index (χ3v) is 4.27. The van der Waals surface area contributed by atoms with E-state index in [0.717, 1.165) is 5.56 Å². The molecule has 0 aliphatic heterocycles. The number of aliphatic carboxylic acids is 1. The van der Waals surface area contributed by atoms with Crippen LogP contribution in [-0.2, 0) is 16.8 Å². The molecule has 0 unspecified atom stereocenters. The average molecular weight is 368 g/mol. The number of carboxylic acid groups (broad SMARTS) is 1. The third-order valence-electron chi connectivity index (χ3n) is 4.27. The number of aromatic nitrogens is 3. The van der Waals surface area contributed by atoms with Gasteiger partial charge in [-0.25, -0.2) is 0 Å². The molecule has 0 aliphatic carbocycles. The van der Waals surface area contributed by atoms with Crippen LogP contribution in [0.25, 0.3) is 0 Å². The highest BCUT2D eigenvalue weighted by molar-refractivity contribution is 6.02. The van der Waals surface area contributed by atoms with Crippen LogP contribution >= 0.6 is 0 Å². The Morgan fingerprint density at radius 1 is 1.26 bits per heavy atom. The zero-order valence-electron chi connectivity index (χ0n) is 15.3. The number of carbonyl (C=O) groups excluding carboxylic acids is 1. The van der Waals surface area contributed by atoms with Crippen molar-refractivity contribution in [2.75, 3.05) is 5.32 Å². The molecule has 0 spiro atoms. The van der Waals surface area contributed by atoms with Gasteiger partial charge in [-0.3, -0.25) is 14.3 Å². The van der Waals surface area contributed by atoms with Crippen LogP contribution in [0.1, 0.15) is 41.2 Å². The van der Waals surface area contributed by atoms with Crippen molar-refractivity contribution in [1.29, 1.82) is 0 Å². The number of anilines is 1. The lowest BCUT2D eigenvalue weighted by Crippen LogP contribution is -2.28. The predicted molar refractivity (Wildman–Crippen MR) is 97.6 cm³/mol. The van der Waals surface area contributed by atoms with Crippen molar-refractivity contribution in [3.05, 3.63) is 65.3 Å². The van der Waals surface area contributed by atoms with Crippen LogP contribution in [0.5, 0.6) is 0 Å². The average Bonchev–Trinajstić information content (AvgIpc) is 3.25. The first-order valence-corrected chi connectivity index (χ1v) is 8.35. The van der Waals surface area contributed by atoms with E-state index in [4.69, 9.17) is 4.52 Å². The van der Waals surface area contributed by atoms with Crippen molar-refractivity contribution in [2.45, 2.75) is 32.7 Å². The molecule has 0 radical (unpaired) electrons. The van der Waals surface area contributed by atoms with Gasteiger partial charge in [0.1, 0.15) is 6.54 Å². The van der Waals surface area contributed by atoms with Crippen LogP contribution in [0, 0.1) is 6.92 Å². The van der Waals surface area contributed by atoms with E-state index in [1.165, 1.54) is 0 Å². The molecule has 0 saturated carbocycles. The molecule has 0 atom stereocenters. The number of nitrogens with zero attached hydrogens (tertiary/aromatic N) is 3. The zero-order valence-corrected chi connectivity index (χ0v) is 15.3. The van der Waals surface area contributed by atoms with Gasteiger partial charge in [-0.2, -0.15) is 5.10 Å². The van der Waals surface area contributed by atoms with E-state index in [1.807, 2.05) is 13.1 Å². The maximum atomic E-state index is 12.3. The molecule has 1 aromatic carbocycles. The molecule has 1 amide bonds. The standard InChI is InChI=1S/C19H20N4O4/c1-12-9-20-23(10-12)11-15-8-16(22-27-15)17(24)21-14-6-4-13(5-7-14)19(2,3)18(25)26/h4-10H,11H2,1-3H3,(H,21,24)(H,25,26). The van der Waals surface area contributed by atoms with E-state index in [0.29, 0.717) is 23.6 Å². The van der Waals surface area contributed by atoms with Crippen molar-refractivity contribution < 1.29 is 19.2 Å². The summed E-state index contributed by atoms with van der Waals surface area (Å²) in [6.07, 6.45) is 3.60. The first-order chi connectivity index (χ1) is 12.8. The number of carboxylic acids is 1. The number of amides is 1. The zero-order chi connectivity index (χ0) is 19.6. The fraction of sp³-hybridized carbons (Fsp3) is 0.263. The van der Waals surface area contributed by atoms with E-state index < -0.39 is 17.3 Å². The van der Waals surface area contributed by atoms with Crippen LogP contribution in [0.15, 0.2) is 47.2 Å². The second kappa shape index (κ2) is 7.06. The summed E-state index contributed by atoms with van der Waals surface area (Å²) in [5, 5.41) is 19.9. The van der Waals surface area contributed by atoms with Crippen LogP contribution < -0.4 is 5.32 Å². The van der Waals surface area contributed by atoms with Gasteiger partial charge in [-0.05, 0) is 44.0 Å². The van der Waals surface area contributed by atoms with Gasteiger partial charge in [-0.15, -0.1) is 0 Å². The molecule has 0 saturated heterocycles. The summed E-state index contributed by atoms with van der Waals surface area (Å²) in [6, 6.07) is 8.24. The second-order valence-corrected chi connectivity index (χ2v) is 6.86. The minimum atomic E-state index is -1.01. The van der Waals surface area contributed by atoms with Gasteiger partial charge in [0.15, 0.2) is 11.5 Å². The number of benzene rings is 1. The number of aryl methyl sites for hydroxylation is 1. The van der Waals surface area contributed by atoms with Gasteiger partial charge in [0.25, 0.3) is 5.91 Å². The van der Waals surface area contributed by atoms with Crippen LogP contribution in [-0.4, -0.2) is 31.9 Å². The molecule has 0 aliphatic rings. The van der Waals surface area contributed by atoms with E-state index in [-0.39, 0.29) is 5.69 Å². The molecule has 2 aromatic heterocycles. The summed E-state index contributed by atoms with van der Waals surface area (Å²) in [4.78, 5) is 23.6. The lowest BCUT2D eigenvalue weighted by Gasteiger charge is -2.19. The molecule has 8 nitrogen and oxygen atoms in total. The molecule has 2 N–H and O–H groups in total. The summed E-state index contributed by atoms with van der Waals surface area (Å²) in [7, 11) is 0. The summed E-state index contributed by atoms with van der Waals surface area (Å²) in [5.74, 6) is -0.810. The summed E-state index contributed by atoms with van der Waals surface area (Å²) in [5.41, 5.74) is 1.36. The normalized spacial score (nSPS) is 11.4. The minimum Gasteiger partial charge on any atom is -0.481 e. The van der Waals surface area contributed by atoms with Crippen molar-refractivity contribution in [1.82, 2.24) is 14.9 Å². The van der Waals surface area contributed by atoms with Crippen molar-refractivity contribution in [3.63, 3.8) is 0 Å². The highest BCUT2D eigenvalue weighted by atomic mass is 16.5. The molecule has 27 heavy (non-hydrogen) atoms. The molecule has 8 heteroatoms. The predicted octanol–water partition coefficient (Wildman–Crippen LogP) is 2.84. The Bertz CT molecular complexity index is 970. The largest absolute Gasteiger partial charge is 0.481 e. The Kier molecular flexibility index (Phi) is 4.81. The SMILES string of the molecule is Cc1cnn(Cc2cc(C(=O)Nc3ccc(C(C)(C)C(=O)O)cc3)no2)c1. The third kappa shape index (κ3) is 4.05. The Hall–Kier alpha value is -3.42. The second-order valence-electron chi connectivity index (χ2n) is 6.86. The molecular weight excluding hydrogens is 348 g/mol. The summed E-state index contributed by atoms with van der Waals surface area (Å²) < 4.78 is 6.88. The highest BCUT2D eigenvalue weighted by Crippen LogP contribution is 2.25. The van der Waals surface area contributed by atoms with Gasteiger partial charge in [0, 0.05) is 18.0 Å². The lowest BCUT2D eigenvalue weighted by atomic mass is 9.85. The Morgan fingerprint density at radius 3 is 2.56 bits per heavy atom. The minimum absolute atomic E-state index is 0.156. The molecule has 2 heterocycles. The Balaban J connectivity index is 1.66. The fourth-order valence-corrected chi connectivity index (χ4v) is 2.50. The van der Waals surface area contributed by atoms with E-state index in [1.54, 1.807) is 55.1 Å². The number of rotatable bonds is 6. The molecule has 0 fully saturated rings. The number of carbonyl (C=O) groups is 2. The van der Waals surface area contributed by atoms with E-state index in [2.05, 4.69) is 15.6 Å². The Labute approximate surface area is 155 Å². The molecule has 140 valence electrons. The van der Waals surface area contributed by atoms with Crippen molar-refractivity contribution in [2.24, 2.45) is 0 Å². The van der Waals surface area contributed by atoms with Crippen LogP contribution in [0.3, 0.4) is 0 Å². The van der Waals surface area contributed by atoms with E-state index >= 15 is 0 Å². The first kappa shape index (κ1) is 18.4. The van der Waals surface area contributed by atoms with E-state index in [9.17, 15) is 14.7 Å². The van der Waals surface area contributed by atoms with Gasteiger partial charge < -0.3 is 14.9 Å². The van der Waals surface area contributed by atoms with Crippen LogP contribution in [0.2, 0.25) is 0 Å². The molecule has 3 aromatic rings. The molecule has 0 bridgehead atoms. The Morgan fingerprint density at radius 2 is 1.96 bits per heavy atom. The van der Waals surface area contributed by atoms with Crippen molar-refractivity contribution >= 4 is 17.6 Å². The number of nitrogens with one attached hydrogen (secondary N) is 1. The monoisotopic (exact) mass is 368 g/mol. The lowest BCUT2D eigenvalue weighted by molar-refractivity contribution is -0.142. The van der Waals surface area contributed by atoms with Crippen molar-refractivity contribution in [3.8, 4) is 0 Å². The number of hydrogen-bond acceptors (Lipinski definition) is 5. The quantitative estimate of drug-likeness (QED) is 0.692. The first-order valence-electron chi connectivity index (χ1n) is 8.35. The number of hydrogen-bond donors (Lipinski definition) is 2. The van der Waals surface area contributed by atoms with Gasteiger partial charge in [0.2, 0.25) is 0 Å². The maximum Gasteiger partial charge on any atom is 0.313 e. The summed E-state index contributed by atoms with van der Waals surface area (Å²) in [6.45, 7) is 5.57. The van der Waals surface area contributed by atoms with Gasteiger partial charge in [0.05, 0.1) is 11.6 Å². The molecule has 3 rings (SSSR count).